The van der Waals surface area contributed by atoms with Crippen LogP contribution in [0.15, 0.2) is 24.7 Å². The number of anilines is 3. The summed E-state index contributed by atoms with van der Waals surface area (Å²) in [5, 5.41) is 16.1. The second-order valence-corrected chi connectivity index (χ2v) is 13.7. The number of hydrogen-bond donors (Lipinski definition) is 2. The first-order valence-corrected chi connectivity index (χ1v) is 18.0. The molecule has 1 amide bonds. The van der Waals surface area contributed by atoms with Gasteiger partial charge in [-0.25, -0.2) is 14.4 Å². The first-order chi connectivity index (χ1) is 23.9. The van der Waals surface area contributed by atoms with E-state index < -0.39 is 11.7 Å². The molecule has 1 atom stereocenters. The normalized spacial score (nSPS) is 23.1. The fourth-order valence-electron chi connectivity index (χ4n) is 8.43. The summed E-state index contributed by atoms with van der Waals surface area (Å²) in [6, 6.07) is 5.77. The molecule has 4 heterocycles. The number of methoxy groups -OCH3 is 1. The molecule has 1 aromatic carbocycles. The van der Waals surface area contributed by atoms with Gasteiger partial charge in [0.1, 0.15) is 29.7 Å². The molecule has 2 aromatic heterocycles. The largest absolute Gasteiger partial charge is 0.495 e. The Morgan fingerprint density at radius 2 is 1.80 bits per heavy atom. The Bertz CT molecular complexity index is 1700. The lowest BCUT2D eigenvalue weighted by Crippen LogP contribution is -2.52. The predicted octanol–water partition coefficient (Wildman–Crippen LogP) is 5.32. The zero-order valence-corrected chi connectivity index (χ0v) is 28.8. The number of nitrogens with one attached hydrogen (secondary N) is 2. The number of piperazine rings is 1. The van der Waals surface area contributed by atoms with Crippen LogP contribution in [0.1, 0.15) is 99.4 Å². The number of likely N-dealkylation sites (N-methyl/N-ethyl adjacent to an activating group) is 1. The Balaban J connectivity index is 1.07. The maximum Gasteiger partial charge on any atom is 0.254 e. The highest BCUT2D eigenvalue weighted by Gasteiger charge is 2.39. The number of nitriles is 1. The molecule has 2 N–H and O–H groups in total. The molecule has 260 valence electrons. The average molecular weight is 671 g/mol. The van der Waals surface area contributed by atoms with Crippen LogP contribution < -0.4 is 20.3 Å². The number of carbonyl (C=O) groups is 1. The lowest BCUT2D eigenvalue weighted by Gasteiger charge is -2.41. The molecule has 2 aliphatic carbocycles. The maximum absolute atomic E-state index is 15.6. The van der Waals surface area contributed by atoms with Crippen molar-refractivity contribution >= 4 is 23.4 Å². The highest BCUT2D eigenvalue weighted by atomic mass is 19.1. The predicted molar refractivity (Wildman–Crippen MR) is 185 cm³/mol. The van der Waals surface area contributed by atoms with Crippen LogP contribution in [0.2, 0.25) is 0 Å². The van der Waals surface area contributed by atoms with Crippen LogP contribution in [0.4, 0.5) is 21.8 Å². The Kier molecular flexibility index (Phi) is 9.69. The molecule has 2 saturated carbocycles. The number of ether oxygens (including phenoxy) is 1. The fourth-order valence-corrected chi connectivity index (χ4v) is 8.43. The molecule has 7 rings (SSSR count). The quantitative estimate of drug-likeness (QED) is 0.309. The molecular formula is C36H47FN10O2. The number of nitrogens with zero attached hydrogens (tertiary/aromatic N) is 8. The van der Waals surface area contributed by atoms with Gasteiger partial charge in [0, 0.05) is 50.4 Å². The van der Waals surface area contributed by atoms with Crippen LogP contribution in [0.5, 0.6) is 5.75 Å². The molecule has 0 bridgehead atoms. The lowest BCUT2D eigenvalue weighted by molar-refractivity contribution is 0.0729. The minimum Gasteiger partial charge on any atom is -0.495 e. The molecule has 13 heteroatoms. The van der Waals surface area contributed by atoms with Crippen molar-refractivity contribution in [3.8, 4) is 17.5 Å². The smallest absolute Gasteiger partial charge is 0.254 e. The molecule has 0 radical (unpaired) electrons. The monoisotopic (exact) mass is 670 g/mol. The molecule has 3 aromatic rings. The van der Waals surface area contributed by atoms with Crippen LogP contribution in [-0.2, 0) is 0 Å². The summed E-state index contributed by atoms with van der Waals surface area (Å²) in [4.78, 5) is 34.7. The molecule has 49 heavy (non-hydrogen) atoms. The molecule has 0 unspecified atom stereocenters. The third-order valence-electron chi connectivity index (χ3n) is 11.1. The van der Waals surface area contributed by atoms with E-state index in [0.29, 0.717) is 23.2 Å². The van der Waals surface area contributed by atoms with Crippen LogP contribution in [-0.4, -0.2) is 93.2 Å². The number of carbonyl (C=O) groups excluding carboxylic acids is 1. The number of amides is 1. The van der Waals surface area contributed by atoms with E-state index in [-0.39, 0.29) is 29.6 Å². The fraction of sp³-hybridized carbons (Fsp3) is 0.583. The Morgan fingerprint density at radius 3 is 2.47 bits per heavy atom. The highest BCUT2D eigenvalue weighted by molar-refractivity contribution is 5.96. The molecule has 2 aliphatic heterocycles. The molecule has 0 spiro atoms. The lowest BCUT2D eigenvalue weighted by atomic mass is 9.89. The van der Waals surface area contributed by atoms with E-state index in [1.807, 2.05) is 4.57 Å². The van der Waals surface area contributed by atoms with Gasteiger partial charge in [-0.15, -0.1) is 0 Å². The summed E-state index contributed by atoms with van der Waals surface area (Å²) in [7, 11) is 1.50. The van der Waals surface area contributed by atoms with Gasteiger partial charge in [-0.05, 0) is 57.6 Å². The Labute approximate surface area is 287 Å². The summed E-state index contributed by atoms with van der Waals surface area (Å²) in [6.45, 7) is 9.87. The van der Waals surface area contributed by atoms with Gasteiger partial charge in [-0.2, -0.15) is 10.2 Å². The van der Waals surface area contributed by atoms with E-state index in [9.17, 15) is 10.1 Å². The zero-order valence-electron chi connectivity index (χ0n) is 28.8. The second kappa shape index (κ2) is 14.3. The topological polar surface area (TPSA) is 127 Å². The number of fused-ring (bicyclic) bond motifs is 3. The summed E-state index contributed by atoms with van der Waals surface area (Å²) in [5.74, 6) is 0.268. The second-order valence-electron chi connectivity index (χ2n) is 13.7. The molecular weight excluding hydrogens is 623 g/mol. The van der Waals surface area contributed by atoms with E-state index in [1.54, 1.807) is 12.5 Å². The SMILES string of the molecule is CC[C@@H]1c2c(C#N)ncn2-c2cnc(Nc3cc(F)c(C(=O)NC4CCC(N5CCN(CC)CC5)CC4)cc3OC)nc2N1C1CCCC1. The standard InChI is InChI=1S/C36H47FN10O2/c1-4-30-33-29(20-38)40-22-46(33)31-21-39-36(43-34(31)47(30)25-8-6-7-9-25)42-28-19-27(37)26(18-32(28)49-3)35(48)41-23-10-12-24(13-11-23)45-16-14-44(5-2)15-17-45/h18-19,21-25,30H,4-17H2,1-3H3,(H,41,48)(H,39,42,43)/t23?,24?,30-/m1/s1. The van der Waals surface area contributed by atoms with E-state index in [0.717, 1.165) is 108 Å². The number of halogens is 1. The van der Waals surface area contributed by atoms with E-state index >= 15 is 4.39 Å². The van der Waals surface area contributed by atoms with Gasteiger partial charge in [-0.3, -0.25) is 14.3 Å². The van der Waals surface area contributed by atoms with Gasteiger partial charge in [-0.1, -0.05) is 26.7 Å². The maximum atomic E-state index is 15.6. The van der Waals surface area contributed by atoms with E-state index in [2.05, 4.69) is 55.2 Å². The van der Waals surface area contributed by atoms with Crippen LogP contribution in [0, 0.1) is 17.1 Å². The summed E-state index contributed by atoms with van der Waals surface area (Å²) < 4.78 is 23.2. The number of hydrogen-bond acceptors (Lipinski definition) is 10. The van der Waals surface area contributed by atoms with Gasteiger partial charge in [0.05, 0.1) is 36.3 Å². The van der Waals surface area contributed by atoms with Gasteiger partial charge in [0.2, 0.25) is 5.95 Å². The highest BCUT2D eigenvalue weighted by Crippen LogP contribution is 2.44. The van der Waals surface area contributed by atoms with Crippen molar-refractivity contribution in [1.29, 1.82) is 5.26 Å². The van der Waals surface area contributed by atoms with Crippen LogP contribution in [0.3, 0.4) is 0 Å². The number of rotatable bonds is 9. The first kappa shape index (κ1) is 33.2. The molecule has 4 aliphatic rings. The van der Waals surface area contributed by atoms with Crippen LogP contribution >= 0.6 is 0 Å². The van der Waals surface area contributed by atoms with Gasteiger partial charge < -0.3 is 25.2 Å². The number of aromatic nitrogens is 4. The minimum absolute atomic E-state index is 0.0165. The zero-order chi connectivity index (χ0) is 34.1. The van der Waals surface area contributed by atoms with Crippen molar-refractivity contribution in [3.63, 3.8) is 0 Å². The van der Waals surface area contributed by atoms with Crippen molar-refractivity contribution in [2.24, 2.45) is 0 Å². The van der Waals surface area contributed by atoms with Gasteiger partial charge in [0.25, 0.3) is 5.91 Å². The van der Waals surface area contributed by atoms with Crippen molar-refractivity contribution in [2.75, 3.05) is 50.1 Å². The minimum atomic E-state index is -0.646. The summed E-state index contributed by atoms with van der Waals surface area (Å²) in [6.07, 6.45) is 12.4. The Hall–Kier alpha value is -4.28. The first-order valence-electron chi connectivity index (χ1n) is 18.0. The van der Waals surface area contributed by atoms with Crippen molar-refractivity contribution in [2.45, 2.75) is 95.8 Å². The van der Waals surface area contributed by atoms with Crippen LogP contribution in [0.25, 0.3) is 5.69 Å². The third-order valence-corrected chi connectivity index (χ3v) is 11.1. The van der Waals surface area contributed by atoms with Gasteiger partial charge in [0.15, 0.2) is 11.5 Å². The van der Waals surface area contributed by atoms with Gasteiger partial charge >= 0.3 is 0 Å². The average Bonchev–Trinajstić information content (AvgIpc) is 3.82. The van der Waals surface area contributed by atoms with Crippen molar-refractivity contribution in [3.05, 3.63) is 47.4 Å². The summed E-state index contributed by atoms with van der Waals surface area (Å²) >= 11 is 0. The van der Waals surface area contributed by atoms with E-state index in [4.69, 9.17) is 9.72 Å². The van der Waals surface area contributed by atoms with Crippen molar-refractivity contribution < 1.29 is 13.9 Å². The number of imidazole rings is 1. The van der Waals surface area contributed by atoms with Crippen molar-refractivity contribution in [1.82, 2.24) is 34.6 Å². The number of benzene rings is 1. The third kappa shape index (κ3) is 6.44. The molecule has 12 nitrogen and oxygen atoms in total. The van der Waals surface area contributed by atoms with E-state index in [1.165, 1.54) is 19.2 Å². The molecule has 3 fully saturated rings. The Morgan fingerprint density at radius 1 is 1.04 bits per heavy atom. The molecule has 1 saturated heterocycles. The summed E-state index contributed by atoms with van der Waals surface area (Å²) in [5.41, 5.74) is 2.31.